The Labute approximate surface area is 104 Å². The van der Waals surface area contributed by atoms with Gasteiger partial charge in [-0.2, -0.15) is 0 Å². The summed E-state index contributed by atoms with van der Waals surface area (Å²) in [5.41, 5.74) is 0. The average Bonchev–Trinajstić information content (AvgIpc) is 2.50. The molecule has 4 heteroatoms. The second-order valence-electron chi connectivity index (χ2n) is 5.50. The molecule has 17 heavy (non-hydrogen) atoms. The summed E-state index contributed by atoms with van der Waals surface area (Å²) < 4.78 is 0. The average molecular weight is 239 g/mol. The fourth-order valence-electron chi connectivity index (χ4n) is 2.96. The van der Waals surface area contributed by atoms with Crippen LogP contribution in [0.3, 0.4) is 0 Å². The van der Waals surface area contributed by atoms with Crippen molar-refractivity contribution in [3.05, 3.63) is 0 Å². The van der Waals surface area contributed by atoms with Gasteiger partial charge in [-0.1, -0.05) is 6.42 Å². The zero-order valence-corrected chi connectivity index (χ0v) is 11.1. The molecule has 1 amide bonds. The number of piperidine rings is 1. The Morgan fingerprint density at radius 2 is 2.06 bits per heavy atom. The highest BCUT2D eigenvalue weighted by Gasteiger charge is 2.30. The highest BCUT2D eigenvalue weighted by molar-refractivity contribution is 5.82. The molecule has 0 saturated carbocycles. The van der Waals surface area contributed by atoms with Gasteiger partial charge in [-0.15, -0.1) is 0 Å². The minimum absolute atomic E-state index is 0.0783. The molecule has 2 fully saturated rings. The Morgan fingerprint density at radius 3 is 2.76 bits per heavy atom. The highest BCUT2D eigenvalue weighted by atomic mass is 16.2. The molecule has 2 heterocycles. The number of carbonyl (C=O) groups excluding carboxylic acids is 1. The van der Waals surface area contributed by atoms with Crippen molar-refractivity contribution in [3.63, 3.8) is 0 Å². The van der Waals surface area contributed by atoms with E-state index in [1.54, 1.807) is 0 Å². The van der Waals surface area contributed by atoms with Crippen LogP contribution in [0.2, 0.25) is 0 Å². The van der Waals surface area contributed by atoms with E-state index in [9.17, 15) is 4.79 Å². The standard InChI is InChI=1S/C13H25N3O/c1-11-10-15(2)8-5-9-16(11)13(17)12-6-3-4-7-14-12/h11-12,14H,3-10H2,1-2H3. The first-order chi connectivity index (χ1) is 8.18. The van der Waals surface area contributed by atoms with Crippen molar-refractivity contribution in [1.29, 1.82) is 0 Å². The molecule has 0 aromatic rings. The lowest BCUT2D eigenvalue weighted by molar-refractivity contribution is -0.135. The van der Waals surface area contributed by atoms with Gasteiger partial charge in [0.15, 0.2) is 0 Å². The number of hydrogen-bond acceptors (Lipinski definition) is 3. The third-order valence-electron chi connectivity index (χ3n) is 3.94. The molecule has 1 N–H and O–H groups in total. The molecule has 0 radical (unpaired) electrons. The van der Waals surface area contributed by atoms with Crippen LogP contribution in [0.15, 0.2) is 0 Å². The third kappa shape index (κ3) is 3.19. The molecule has 2 rings (SSSR count). The lowest BCUT2D eigenvalue weighted by atomic mass is 10.0. The van der Waals surface area contributed by atoms with Gasteiger partial charge in [-0.05, 0) is 46.3 Å². The van der Waals surface area contributed by atoms with Crippen LogP contribution in [0.1, 0.15) is 32.6 Å². The Kier molecular flexibility index (Phi) is 4.40. The summed E-state index contributed by atoms with van der Waals surface area (Å²) in [7, 11) is 2.14. The Bertz CT molecular complexity index is 263. The molecular formula is C13H25N3O. The summed E-state index contributed by atoms with van der Waals surface area (Å²) in [6.07, 6.45) is 4.50. The summed E-state index contributed by atoms with van der Waals surface area (Å²) in [5.74, 6) is 0.326. The maximum absolute atomic E-state index is 12.5. The van der Waals surface area contributed by atoms with Crippen LogP contribution in [0.25, 0.3) is 0 Å². The molecule has 0 aromatic carbocycles. The van der Waals surface area contributed by atoms with Gasteiger partial charge < -0.3 is 15.1 Å². The number of likely N-dealkylation sites (N-methyl/N-ethyl adjacent to an activating group) is 1. The molecule has 2 aliphatic heterocycles. The summed E-state index contributed by atoms with van der Waals surface area (Å²) in [6.45, 7) is 6.19. The molecule has 0 aromatic heterocycles. The zero-order chi connectivity index (χ0) is 12.3. The number of carbonyl (C=O) groups is 1. The molecule has 2 aliphatic rings. The third-order valence-corrected chi connectivity index (χ3v) is 3.94. The van der Waals surface area contributed by atoms with E-state index in [1.807, 2.05) is 0 Å². The van der Waals surface area contributed by atoms with E-state index < -0.39 is 0 Å². The van der Waals surface area contributed by atoms with Crippen LogP contribution in [0.5, 0.6) is 0 Å². The molecule has 0 aliphatic carbocycles. The van der Waals surface area contributed by atoms with E-state index in [4.69, 9.17) is 0 Å². The Balaban J connectivity index is 1.96. The normalized spacial score (nSPS) is 32.2. The fourth-order valence-corrected chi connectivity index (χ4v) is 2.96. The van der Waals surface area contributed by atoms with E-state index >= 15 is 0 Å². The number of nitrogens with one attached hydrogen (secondary N) is 1. The van der Waals surface area contributed by atoms with E-state index in [1.165, 1.54) is 12.8 Å². The molecule has 2 atom stereocenters. The van der Waals surface area contributed by atoms with Crippen LogP contribution in [0, 0.1) is 0 Å². The monoisotopic (exact) mass is 239 g/mol. The molecule has 0 spiro atoms. The van der Waals surface area contributed by atoms with Crippen molar-refractivity contribution in [2.45, 2.75) is 44.7 Å². The fraction of sp³-hybridized carbons (Fsp3) is 0.923. The van der Waals surface area contributed by atoms with Gasteiger partial charge in [0.05, 0.1) is 6.04 Å². The van der Waals surface area contributed by atoms with Crippen molar-refractivity contribution in [3.8, 4) is 0 Å². The molecular weight excluding hydrogens is 214 g/mol. The minimum Gasteiger partial charge on any atom is -0.337 e. The predicted octanol–water partition coefficient (Wildman–Crippen LogP) is 0.681. The van der Waals surface area contributed by atoms with Crippen LogP contribution >= 0.6 is 0 Å². The van der Waals surface area contributed by atoms with E-state index in [0.29, 0.717) is 11.9 Å². The smallest absolute Gasteiger partial charge is 0.239 e. The summed E-state index contributed by atoms with van der Waals surface area (Å²) in [5, 5.41) is 3.36. The maximum atomic E-state index is 12.5. The van der Waals surface area contributed by atoms with Crippen molar-refractivity contribution < 1.29 is 4.79 Å². The SMILES string of the molecule is CC1CN(C)CCCN1C(=O)C1CCCCN1. The van der Waals surface area contributed by atoms with Gasteiger partial charge in [0, 0.05) is 19.1 Å². The number of hydrogen-bond donors (Lipinski definition) is 1. The number of rotatable bonds is 1. The quantitative estimate of drug-likeness (QED) is 0.731. The van der Waals surface area contributed by atoms with Gasteiger partial charge in [-0.25, -0.2) is 0 Å². The number of nitrogens with zero attached hydrogens (tertiary/aromatic N) is 2. The second-order valence-corrected chi connectivity index (χ2v) is 5.50. The van der Waals surface area contributed by atoms with Crippen molar-refractivity contribution in [2.75, 3.05) is 33.2 Å². The van der Waals surface area contributed by atoms with Crippen molar-refractivity contribution >= 4 is 5.91 Å². The van der Waals surface area contributed by atoms with Crippen LogP contribution in [0.4, 0.5) is 0 Å². The molecule has 2 unspecified atom stereocenters. The van der Waals surface area contributed by atoms with Gasteiger partial charge in [0.25, 0.3) is 0 Å². The van der Waals surface area contributed by atoms with Crippen LogP contribution < -0.4 is 5.32 Å². The van der Waals surface area contributed by atoms with Crippen LogP contribution in [-0.4, -0.2) is 61.0 Å². The molecule has 2 saturated heterocycles. The summed E-state index contributed by atoms with van der Waals surface area (Å²) in [4.78, 5) is 16.9. The van der Waals surface area contributed by atoms with E-state index in [-0.39, 0.29) is 6.04 Å². The highest BCUT2D eigenvalue weighted by Crippen LogP contribution is 2.14. The molecule has 98 valence electrons. The van der Waals surface area contributed by atoms with Gasteiger partial charge in [0.1, 0.15) is 0 Å². The second kappa shape index (κ2) is 5.83. The summed E-state index contributed by atoms with van der Waals surface area (Å²) in [6, 6.07) is 0.424. The largest absolute Gasteiger partial charge is 0.337 e. The summed E-state index contributed by atoms with van der Waals surface area (Å²) >= 11 is 0. The molecule has 4 nitrogen and oxygen atoms in total. The lowest BCUT2D eigenvalue weighted by Crippen LogP contribution is -2.52. The van der Waals surface area contributed by atoms with E-state index in [2.05, 4.69) is 29.1 Å². The van der Waals surface area contributed by atoms with Crippen molar-refractivity contribution in [1.82, 2.24) is 15.1 Å². The lowest BCUT2D eigenvalue weighted by Gasteiger charge is -2.33. The van der Waals surface area contributed by atoms with Gasteiger partial charge >= 0.3 is 0 Å². The van der Waals surface area contributed by atoms with E-state index in [0.717, 1.165) is 39.0 Å². The van der Waals surface area contributed by atoms with Crippen LogP contribution in [-0.2, 0) is 4.79 Å². The van der Waals surface area contributed by atoms with Gasteiger partial charge in [0.2, 0.25) is 5.91 Å². The molecule has 0 bridgehead atoms. The van der Waals surface area contributed by atoms with Crippen molar-refractivity contribution in [2.24, 2.45) is 0 Å². The first-order valence-corrected chi connectivity index (χ1v) is 6.91. The topological polar surface area (TPSA) is 35.6 Å². The Morgan fingerprint density at radius 1 is 1.24 bits per heavy atom. The van der Waals surface area contributed by atoms with Gasteiger partial charge in [-0.3, -0.25) is 4.79 Å². The Hall–Kier alpha value is -0.610. The first kappa shape index (κ1) is 12.8. The minimum atomic E-state index is 0.0783. The predicted molar refractivity (Wildman–Crippen MR) is 68.9 cm³/mol. The maximum Gasteiger partial charge on any atom is 0.239 e. The number of amides is 1. The first-order valence-electron chi connectivity index (χ1n) is 6.91. The zero-order valence-electron chi connectivity index (χ0n) is 11.1.